The fourth-order valence-electron chi connectivity index (χ4n) is 1.17. The molecular weight excluding hydrogens is 166 g/mol. The molecule has 1 heterocycles. The molecule has 0 spiro atoms. The Bertz CT molecular complexity index is 284. The summed E-state index contributed by atoms with van der Waals surface area (Å²) in [5, 5.41) is 8.96. The van der Waals surface area contributed by atoms with Crippen LogP contribution in [-0.2, 0) is 6.61 Å². The van der Waals surface area contributed by atoms with Crippen molar-refractivity contribution in [3.8, 4) is 5.75 Å². The van der Waals surface area contributed by atoms with Crippen molar-refractivity contribution < 1.29 is 9.84 Å². The molecule has 1 aromatic heterocycles. The first kappa shape index (κ1) is 8.51. The normalized spacial score (nSPS) is 15.8. The van der Waals surface area contributed by atoms with E-state index in [9.17, 15) is 0 Å². The molecule has 1 aromatic rings. The van der Waals surface area contributed by atoms with Crippen LogP contribution in [-0.4, -0.2) is 16.7 Å². The van der Waals surface area contributed by atoms with Crippen molar-refractivity contribution in [3.63, 3.8) is 0 Å². The van der Waals surface area contributed by atoms with Crippen molar-refractivity contribution in [1.29, 1.82) is 0 Å². The number of aliphatic hydroxyl groups is 1. The van der Waals surface area contributed by atoms with Gasteiger partial charge in [-0.1, -0.05) is 0 Å². The topological polar surface area (TPSA) is 42.4 Å². The third-order valence-electron chi connectivity index (χ3n) is 2.17. The molecule has 70 valence electrons. The standard InChI is InChI=1S/C10H13NO2/c12-6-9-10(2-1-5-11-9)13-7-8-3-4-8/h1-2,5,8,12H,3-4,6-7H2. The highest BCUT2D eigenvalue weighted by Crippen LogP contribution is 2.29. The van der Waals surface area contributed by atoms with Gasteiger partial charge in [-0.3, -0.25) is 4.98 Å². The molecule has 0 atom stereocenters. The molecule has 0 amide bonds. The minimum Gasteiger partial charge on any atom is -0.491 e. The average molecular weight is 179 g/mol. The summed E-state index contributed by atoms with van der Waals surface area (Å²) < 4.78 is 5.53. The van der Waals surface area contributed by atoms with Crippen LogP contribution in [0.1, 0.15) is 18.5 Å². The lowest BCUT2D eigenvalue weighted by Gasteiger charge is -2.07. The molecule has 13 heavy (non-hydrogen) atoms. The molecule has 1 aliphatic carbocycles. The lowest BCUT2D eigenvalue weighted by Crippen LogP contribution is -2.02. The van der Waals surface area contributed by atoms with Crippen LogP contribution in [0.4, 0.5) is 0 Å². The van der Waals surface area contributed by atoms with Crippen LogP contribution in [0, 0.1) is 5.92 Å². The van der Waals surface area contributed by atoms with Gasteiger partial charge in [-0.2, -0.15) is 0 Å². The fraction of sp³-hybridized carbons (Fsp3) is 0.500. The van der Waals surface area contributed by atoms with Gasteiger partial charge in [0.1, 0.15) is 11.4 Å². The molecule has 1 fully saturated rings. The summed E-state index contributed by atoms with van der Waals surface area (Å²) >= 11 is 0. The van der Waals surface area contributed by atoms with Crippen molar-refractivity contribution in [2.24, 2.45) is 5.92 Å². The van der Waals surface area contributed by atoms with Gasteiger partial charge in [0.15, 0.2) is 0 Å². The molecule has 0 aliphatic heterocycles. The highest BCUT2D eigenvalue weighted by Gasteiger charge is 2.22. The second-order valence-electron chi connectivity index (χ2n) is 3.36. The van der Waals surface area contributed by atoms with E-state index in [0.29, 0.717) is 5.69 Å². The third kappa shape index (κ3) is 2.18. The van der Waals surface area contributed by atoms with Crippen molar-refractivity contribution in [1.82, 2.24) is 4.98 Å². The van der Waals surface area contributed by atoms with Gasteiger partial charge in [-0.05, 0) is 30.9 Å². The van der Waals surface area contributed by atoms with Gasteiger partial charge in [0.2, 0.25) is 0 Å². The Morgan fingerprint density at radius 3 is 3.08 bits per heavy atom. The zero-order valence-corrected chi connectivity index (χ0v) is 7.44. The highest BCUT2D eigenvalue weighted by atomic mass is 16.5. The van der Waals surface area contributed by atoms with Crippen LogP contribution in [0.5, 0.6) is 5.75 Å². The SMILES string of the molecule is OCc1ncccc1OCC1CC1. The van der Waals surface area contributed by atoms with Crippen LogP contribution in [0.15, 0.2) is 18.3 Å². The molecular formula is C10H13NO2. The van der Waals surface area contributed by atoms with Gasteiger partial charge in [-0.15, -0.1) is 0 Å². The van der Waals surface area contributed by atoms with E-state index >= 15 is 0 Å². The average Bonchev–Trinajstić information content (AvgIpc) is 2.99. The van der Waals surface area contributed by atoms with Gasteiger partial charge < -0.3 is 9.84 Å². The first-order chi connectivity index (χ1) is 6.40. The van der Waals surface area contributed by atoms with E-state index in [1.165, 1.54) is 12.8 Å². The summed E-state index contributed by atoms with van der Waals surface area (Å²) in [5.41, 5.74) is 0.628. The van der Waals surface area contributed by atoms with E-state index in [0.717, 1.165) is 18.3 Å². The van der Waals surface area contributed by atoms with Crippen LogP contribution < -0.4 is 4.74 Å². The Labute approximate surface area is 77.4 Å². The van der Waals surface area contributed by atoms with E-state index in [4.69, 9.17) is 9.84 Å². The van der Waals surface area contributed by atoms with Crippen molar-refractivity contribution in [3.05, 3.63) is 24.0 Å². The maximum atomic E-state index is 8.96. The second kappa shape index (κ2) is 3.75. The van der Waals surface area contributed by atoms with Crippen molar-refractivity contribution in [2.75, 3.05) is 6.61 Å². The Kier molecular flexibility index (Phi) is 2.45. The quantitative estimate of drug-likeness (QED) is 0.758. The monoisotopic (exact) mass is 179 g/mol. The Balaban J connectivity index is 1.99. The number of hydrogen-bond acceptors (Lipinski definition) is 3. The predicted molar refractivity (Wildman–Crippen MR) is 48.4 cm³/mol. The van der Waals surface area contributed by atoms with Gasteiger partial charge in [0.05, 0.1) is 13.2 Å². The molecule has 0 radical (unpaired) electrons. The zero-order chi connectivity index (χ0) is 9.10. The number of nitrogens with zero attached hydrogens (tertiary/aromatic N) is 1. The third-order valence-corrected chi connectivity index (χ3v) is 2.17. The Morgan fingerprint density at radius 1 is 1.54 bits per heavy atom. The largest absolute Gasteiger partial charge is 0.491 e. The smallest absolute Gasteiger partial charge is 0.143 e. The highest BCUT2D eigenvalue weighted by molar-refractivity contribution is 5.26. The van der Waals surface area contributed by atoms with Crippen LogP contribution in [0.3, 0.4) is 0 Å². The van der Waals surface area contributed by atoms with Gasteiger partial charge in [-0.25, -0.2) is 0 Å². The van der Waals surface area contributed by atoms with Gasteiger partial charge in [0, 0.05) is 6.20 Å². The lowest BCUT2D eigenvalue weighted by atomic mass is 10.3. The molecule has 0 unspecified atom stereocenters. The zero-order valence-electron chi connectivity index (χ0n) is 7.44. The molecule has 0 aromatic carbocycles. The van der Waals surface area contributed by atoms with Crippen LogP contribution in [0.2, 0.25) is 0 Å². The van der Waals surface area contributed by atoms with E-state index in [2.05, 4.69) is 4.98 Å². The van der Waals surface area contributed by atoms with Crippen molar-refractivity contribution in [2.45, 2.75) is 19.4 Å². The maximum absolute atomic E-state index is 8.96. The minimum atomic E-state index is -0.0547. The van der Waals surface area contributed by atoms with Crippen molar-refractivity contribution >= 4 is 0 Å². The van der Waals surface area contributed by atoms with Crippen LogP contribution >= 0.6 is 0 Å². The summed E-state index contributed by atoms with van der Waals surface area (Å²) in [6.07, 6.45) is 4.21. The first-order valence-electron chi connectivity index (χ1n) is 4.57. The maximum Gasteiger partial charge on any atom is 0.143 e. The summed E-state index contributed by atoms with van der Waals surface area (Å²) in [4.78, 5) is 4.02. The molecule has 1 N–H and O–H groups in total. The van der Waals surface area contributed by atoms with Gasteiger partial charge in [0.25, 0.3) is 0 Å². The minimum absolute atomic E-state index is 0.0547. The second-order valence-corrected chi connectivity index (χ2v) is 3.36. The number of aliphatic hydroxyl groups excluding tert-OH is 1. The molecule has 3 heteroatoms. The van der Waals surface area contributed by atoms with E-state index in [-0.39, 0.29) is 6.61 Å². The molecule has 0 saturated heterocycles. The molecule has 3 nitrogen and oxygen atoms in total. The summed E-state index contributed by atoms with van der Waals surface area (Å²) in [6.45, 7) is 0.708. The molecule has 1 saturated carbocycles. The number of rotatable bonds is 4. The Morgan fingerprint density at radius 2 is 2.38 bits per heavy atom. The molecule has 0 bridgehead atoms. The number of aromatic nitrogens is 1. The molecule has 2 rings (SSSR count). The first-order valence-corrected chi connectivity index (χ1v) is 4.57. The molecule has 1 aliphatic rings. The predicted octanol–water partition coefficient (Wildman–Crippen LogP) is 1.36. The number of hydrogen-bond donors (Lipinski definition) is 1. The Hall–Kier alpha value is -1.09. The number of pyridine rings is 1. The van der Waals surface area contributed by atoms with E-state index in [1.807, 2.05) is 12.1 Å². The van der Waals surface area contributed by atoms with Crippen LogP contribution in [0.25, 0.3) is 0 Å². The summed E-state index contributed by atoms with van der Waals surface area (Å²) in [7, 11) is 0. The summed E-state index contributed by atoms with van der Waals surface area (Å²) in [6, 6.07) is 3.67. The van der Waals surface area contributed by atoms with E-state index < -0.39 is 0 Å². The number of ether oxygens (including phenoxy) is 1. The fourth-order valence-corrected chi connectivity index (χ4v) is 1.17. The summed E-state index contributed by atoms with van der Waals surface area (Å²) in [5.74, 6) is 1.45. The van der Waals surface area contributed by atoms with Gasteiger partial charge >= 0.3 is 0 Å². The van der Waals surface area contributed by atoms with E-state index in [1.54, 1.807) is 6.20 Å². The lowest BCUT2D eigenvalue weighted by molar-refractivity contribution is 0.252.